The van der Waals surface area contributed by atoms with Gasteiger partial charge in [-0.15, -0.1) is 0 Å². The van der Waals surface area contributed by atoms with E-state index in [0.29, 0.717) is 0 Å². The Morgan fingerprint density at radius 1 is 0.545 bits per heavy atom. The van der Waals surface area contributed by atoms with Crippen molar-refractivity contribution in [3.8, 4) is 33.8 Å². The molecule has 0 amide bonds. The summed E-state index contributed by atoms with van der Waals surface area (Å²) in [6.07, 6.45) is 16.0. The highest BCUT2D eigenvalue weighted by Gasteiger charge is 2.33. The number of aliphatic hydroxyl groups is 1. The second-order valence-corrected chi connectivity index (χ2v) is 12.4. The van der Waals surface area contributed by atoms with Crippen LogP contribution in [0, 0.1) is 0 Å². The quantitative estimate of drug-likeness (QED) is 0.110. The van der Waals surface area contributed by atoms with Gasteiger partial charge in [-0.3, -0.25) is 0 Å². The molecule has 0 saturated heterocycles. The molecule has 1 N–H and O–H groups in total. The standard InChI is InChI=1S/C41H54O3/c1-5-7-9-11-13-17-29-41(42,30-18-14-12-10-8-6-2)39-31-38(32-21-25-34(43-3)26-22-32)36-19-15-16-20-37(36)40(39)33-23-27-35(44-4)28-24-33/h15-16,19-28,31,42H,5-14,17-18,29-30H2,1-4H3. The summed E-state index contributed by atoms with van der Waals surface area (Å²) in [4.78, 5) is 0. The Morgan fingerprint density at radius 3 is 1.50 bits per heavy atom. The summed E-state index contributed by atoms with van der Waals surface area (Å²) >= 11 is 0. The van der Waals surface area contributed by atoms with Gasteiger partial charge in [0.15, 0.2) is 0 Å². The molecule has 0 aliphatic heterocycles. The summed E-state index contributed by atoms with van der Waals surface area (Å²) < 4.78 is 11.0. The molecule has 236 valence electrons. The number of methoxy groups -OCH3 is 2. The molecule has 3 nitrogen and oxygen atoms in total. The molecule has 3 heteroatoms. The predicted molar refractivity (Wildman–Crippen MR) is 188 cm³/mol. The van der Waals surface area contributed by atoms with E-state index in [-0.39, 0.29) is 0 Å². The minimum Gasteiger partial charge on any atom is -0.497 e. The first-order valence-corrected chi connectivity index (χ1v) is 17.1. The Kier molecular flexibility index (Phi) is 13.2. The molecule has 4 rings (SSSR count). The van der Waals surface area contributed by atoms with E-state index in [1.54, 1.807) is 14.2 Å². The predicted octanol–water partition coefficient (Wildman–Crippen LogP) is 11.9. The van der Waals surface area contributed by atoms with E-state index in [0.717, 1.165) is 77.8 Å². The van der Waals surface area contributed by atoms with E-state index in [4.69, 9.17) is 9.47 Å². The van der Waals surface area contributed by atoms with Crippen molar-refractivity contribution in [3.63, 3.8) is 0 Å². The highest BCUT2D eigenvalue weighted by molar-refractivity contribution is 6.06. The van der Waals surface area contributed by atoms with Gasteiger partial charge < -0.3 is 14.6 Å². The molecular weight excluding hydrogens is 540 g/mol. The molecule has 4 aromatic carbocycles. The maximum atomic E-state index is 12.9. The van der Waals surface area contributed by atoms with Crippen molar-refractivity contribution in [2.75, 3.05) is 14.2 Å². The number of rotatable bonds is 19. The number of unbranched alkanes of at least 4 members (excludes halogenated alkanes) is 10. The summed E-state index contributed by atoms with van der Waals surface area (Å²) in [5, 5.41) is 15.3. The summed E-state index contributed by atoms with van der Waals surface area (Å²) in [7, 11) is 3.41. The lowest BCUT2D eigenvalue weighted by Gasteiger charge is -2.33. The third kappa shape index (κ3) is 8.66. The molecule has 0 heterocycles. The molecule has 4 aromatic rings. The Morgan fingerprint density at radius 2 is 1.00 bits per heavy atom. The zero-order chi connectivity index (χ0) is 31.2. The van der Waals surface area contributed by atoms with E-state index < -0.39 is 5.60 Å². The van der Waals surface area contributed by atoms with E-state index >= 15 is 0 Å². The third-order valence-electron chi connectivity index (χ3n) is 9.21. The number of hydrogen-bond acceptors (Lipinski definition) is 3. The van der Waals surface area contributed by atoms with Gasteiger partial charge in [0, 0.05) is 0 Å². The van der Waals surface area contributed by atoms with Gasteiger partial charge in [0.25, 0.3) is 0 Å². The largest absolute Gasteiger partial charge is 0.497 e. The lowest BCUT2D eigenvalue weighted by molar-refractivity contribution is 0.0139. The SMILES string of the molecule is CCCCCCCCC(O)(CCCCCCCC)c1cc(-c2ccc(OC)cc2)c2ccccc2c1-c1ccc(OC)cc1. The zero-order valence-electron chi connectivity index (χ0n) is 27.7. The molecule has 0 spiro atoms. The van der Waals surface area contributed by atoms with Crippen LogP contribution < -0.4 is 9.47 Å². The molecular formula is C41H54O3. The number of ether oxygens (including phenoxy) is 2. The molecule has 0 radical (unpaired) electrons. The van der Waals surface area contributed by atoms with Gasteiger partial charge in [0.2, 0.25) is 0 Å². The van der Waals surface area contributed by atoms with Crippen molar-refractivity contribution in [1.29, 1.82) is 0 Å². The average Bonchev–Trinajstić information content (AvgIpc) is 3.07. The Balaban J connectivity index is 1.85. The van der Waals surface area contributed by atoms with E-state index in [9.17, 15) is 5.11 Å². The Bertz CT molecular complexity index is 1390. The molecule has 0 unspecified atom stereocenters. The molecule has 0 aliphatic rings. The van der Waals surface area contributed by atoms with Crippen molar-refractivity contribution >= 4 is 10.8 Å². The van der Waals surface area contributed by atoms with Crippen molar-refractivity contribution in [2.45, 2.75) is 109 Å². The van der Waals surface area contributed by atoms with Gasteiger partial charge in [0.05, 0.1) is 19.8 Å². The lowest BCUT2D eigenvalue weighted by atomic mass is 9.76. The highest BCUT2D eigenvalue weighted by Crippen LogP contribution is 2.46. The van der Waals surface area contributed by atoms with Crippen molar-refractivity contribution in [2.24, 2.45) is 0 Å². The summed E-state index contributed by atoms with van der Waals surface area (Å²) in [6.45, 7) is 4.53. The fraction of sp³-hybridized carbons (Fsp3) is 0.463. The van der Waals surface area contributed by atoms with Gasteiger partial charge in [-0.2, -0.15) is 0 Å². The maximum absolute atomic E-state index is 12.9. The van der Waals surface area contributed by atoms with E-state index in [2.05, 4.69) is 68.4 Å². The van der Waals surface area contributed by atoms with E-state index in [1.807, 2.05) is 24.3 Å². The van der Waals surface area contributed by atoms with Crippen LogP contribution in [0.2, 0.25) is 0 Å². The van der Waals surface area contributed by atoms with Crippen LogP contribution in [0.15, 0.2) is 78.9 Å². The van der Waals surface area contributed by atoms with Crippen LogP contribution >= 0.6 is 0 Å². The monoisotopic (exact) mass is 594 g/mol. The van der Waals surface area contributed by atoms with E-state index in [1.165, 1.54) is 62.1 Å². The van der Waals surface area contributed by atoms with Gasteiger partial charge in [-0.1, -0.05) is 139 Å². The minimum absolute atomic E-state index is 0.775. The van der Waals surface area contributed by atoms with Crippen LogP contribution in [-0.2, 0) is 5.60 Å². The first-order valence-electron chi connectivity index (χ1n) is 17.1. The number of benzene rings is 4. The molecule has 44 heavy (non-hydrogen) atoms. The van der Waals surface area contributed by atoms with Crippen molar-refractivity contribution < 1.29 is 14.6 Å². The second-order valence-electron chi connectivity index (χ2n) is 12.4. The van der Waals surface area contributed by atoms with Gasteiger partial charge >= 0.3 is 0 Å². The lowest BCUT2D eigenvalue weighted by Crippen LogP contribution is -2.27. The van der Waals surface area contributed by atoms with Gasteiger partial charge in [-0.25, -0.2) is 0 Å². The number of hydrogen-bond donors (Lipinski definition) is 1. The second kappa shape index (κ2) is 17.3. The van der Waals surface area contributed by atoms with Crippen molar-refractivity contribution in [1.82, 2.24) is 0 Å². The fourth-order valence-corrected chi connectivity index (χ4v) is 6.61. The summed E-state index contributed by atoms with van der Waals surface area (Å²) in [6, 6.07) is 27.7. The average molecular weight is 595 g/mol. The summed E-state index contributed by atoms with van der Waals surface area (Å²) in [5.74, 6) is 1.68. The maximum Gasteiger partial charge on any atom is 0.118 e. The first-order chi connectivity index (χ1) is 21.5. The van der Waals surface area contributed by atoms with Crippen LogP contribution in [0.4, 0.5) is 0 Å². The third-order valence-corrected chi connectivity index (χ3v) is 9.21. The van der Waals surface area contributed by atoms with Gasteiger partial charge in [-0.05, 0) is 81.8 Å². The number of fused-ring (bicyclic) bond motifs is 1. The van der Waals surface area contributed by atoms with Crippen LogP contribution in [0.25, 0.3) is 33.0 Å². The Labute approximate surface area is 266 Å². The van der Waals surface area contributed by atoms with Crippen LogP contribution in [-0.4, -0.2) is 19.3 Å². The van der Waals surface area contributed by atoms with Crippen LogP contribution in [0.3, 0.4) is 0 Å². The molecule has 0 bridgehead atoms. The van der Waals surface area contributed by atoms with Crippen LogP contribution in [0.1, 0.15) is 109 Å². The first kappa shape index (κ1) is 33.6. The van der Waals surface area contributed by atoms with Crippen molar-refractivity contribution in [3.05, 3.63) is 84.4 Å². The van der Waals surface area contributed by atoms with Gasteiger partial charge in [0.1, 0.15) is 11.5 Å². The molecule has 0 saturated carbocycles. The minimum atomic E-state index is -0.921. The fourth-order valence-electron chi connectivity index (χ4n) is 6.61. The highest BCUT2D eigenvalue weighted by atomic mass is 16.5. The molecule has 0 atom stereocenters. The molecule has 0 aromatic heterocycles. The Hall–Kier alpha value is -3.30. The zero-order valence-corrected chi connectivity index (χ0v) is 27.7. The molecule has 0 fully saturated rings. The smallest absolute Gasteiger partial charge is 0.118 e. The summed E-state index contributed by atoms with van der Waals surface area (Å²) in [5.41, 5.74) is 4.67. The normalized spacial score (nSPS) is 11.7. The molecule has 0 aliphatic carbocycles. The topological polar surface area (TPSA) is 38.7 Å². The van der Waals surface area contributed by atoms with Crippen LogP contribution in [0.5, 0.6) is 11.5 Å².